The number of rotatable bonds is 9. The Kier molecular flexibility index (Phi) is 11.7. The topological polar surface area (TPSA) is 69.6 Å². The lowest BCUT2D eigenvalue weighted by Gasteiger charge is -2.30. The van der Waals surface area contributed by atoms with Crippen molar-refractivity contribution in [3.05, 3.63) is 23.8 Å². The van der Waals surface area contributed by atoms with Crippen LogP contribution in [0.2, 0.25) is 0 Å². The fraction of sp³-hybridized carbons (Fsp3) is 0.667. The first-order valence-corrected chi connectivity index (χ1v) is 10.2. The molecule has 2 N–H and O–H groups in total. The summed E-state index contributed by atoms with van der Waals surface area (Å²) < 4.78 is 10.6. The molecular weight excluding hydrogens is 483 g/mol. The molecule has 1 aliphatic rings. The first-order chi connectivity index (χ1) is 13.5. The minimum absolute atomic E-state index is 0. The molecule has 2 atom stereocenters. The summed E-state index contributed by atoms with van der Waals surface area (Å²) in [5.41, 5.74) is 0.728. The van der Waals surface area contributed by atoms with Gasteiger partial charge in [-0.2, -0.15) is 0 Å². The number of hydrogen-bond acceptors (Lipinski definition) is 5. The van der Waals surface area contributed by atoms with Crippen LogP contribution < -0.4 is 14.8 Å². The van der Waals surface area contributed by atoms with Gasteiger partial charge in [0.25, 0.3) is 0 Å². The van der Waals surface area contributed by atoms with Crippen LogP contribution in [-0.4, -0.2) is 80.9 Å². The fourth-order valence-electron chi connectivity index (χ4n) is 3.69. The zero-order chi connectivity index (χ0) is 20.5. The summed E-state index contributed by atoms with van der Waals surface area (Å²) in [6, 6.07) is 5.98. The van der Waals surface area contributed by atoms with Crippen LogP contribution in [0, 0.1) is 0 Å². The number of likely N-dealkylation sites (N-methyl/N-ethyl adjacent to an activating group) is 2. The lowest BCUT2D eigenvalue weighted by Crippen LogP contribution is -2.46. The van der Waals surface area contributed by atoms with Gasteiger partial charge in [-0.1, -0.05) is 6.92 Å². The lowest BCUT2D eigenvalue weighted by atomic mass is 10.1. The van der Waals surface area contributed by atoms with Crippen molar-refractivity contribution in [2.75, 3.05) is 54.0 Å². The van der Waals surface area contributed by atoms with Crippen molar-refractivity contribution in [2.45, 2.75) is 38.8 Å². The summed E-state index contributed by atoms with van der Waals surface area (Å²) in [5.74, 6) is 2.13. The molecule has 2 rings (SSSR count). The molecule has 0 aliphatic carbocycles. The van der Waals surface area contributed by atoms with Gasteiger partial charge in [-0.3, -0.25) is 9.89 Å². The molecule has 1 aromatic carbocycles. The van der Waals surface area contributed by atoms with E-state index in [1.165, 1.54) is 19.4 Å². The Hall–Kier alpha value is -1.26. The molecular formula is C21H37IN4O3. The second-order valence-corrected chi connectivity index (χ2v) is 7.16. The van der Waals surface area contributed by atoms with Gasteiger partial charge < -0.3 is 24.8 Å². The number of guanidine groups is 1. The molecule has 8 heteroatoms. The normalized spacial score (nSPS) is 18.1. The molecule has 0 radical (unpaired) electrons. The average molecular weight is 520 g/mol. The summed E-state index contributed by atoms with van der Waals surface area (Å²) in [6.45, 7) is 8.53. The van der Waals surface area contributed by atoms with E-state index in [1.807, 2.05) is 12.1 Å². The Morgan fingerprint density at radius 3 is 2.48 bits per heavy atom. The summed E-state index contributed by atoms with van der Waals surface area (Å²) >= 11 is 0. The SMILES string of the molecule is CCNC(=NCC(O)c1cc(OC)cc(OC)c1)N(C)CC1CCCN1CC.I. The maximum Gasteiger partial charge on any atom is 0.193 e. The third-order valence-corrected chi connectivity index (χ3v) is 5.26. The largest absolute Gasteiger partial charge is 0.497 e. The van der Waals surface area contributed by atoms with Crippen LogP contribution >= 0.6 is 24.0 Å². The number of aliphatic imine (C=N–C) groups is 1. The Balaban J connectivity index is 0.00000420. The zero-order valence-electron chi connectivity index (χ0n) is 18.4. The van der Waals surface area contributed by atoms with E-state index in [1.54, 1.807) is 20.3 Å². The predicted molar refractivity (Wildman–Crippen MR) is 129 cm³/mol. The zero-order valence-corrected chi connectivity index (χ0v) is 20.7. The van der Waals surface area contributed by atoms with Crippen LogP contribution in [0.5, 0.6) is 11.5 Å². The first kappa shape index (κ1) is 25.8. The van der Waals surface area contributed by atoms with E-state index in [9.17, 15) is 5.11 Å². The predicted octanol–water partition coefficient (Wildman–Crippen LogP) is 2.74. The number of halogens is 1. The number of benzene rings is 1. The Morgan fingerprint density at radius 2 is 1.93 bits per heavy atom. The van der Waals surface area contributed by atoms with Crippen molar-refractivity contribution in [3.63, 3.8) is 0 Å². The second kappa shape index (κ2) is 13.1. The number of methoxy groups -OCH3 is 2. The summed E-state index contributed by atoms with van der Waals surface area (Å²) in [6.07, 6.45) is 1.75. The molecule has 0 amide bonds. The van der Waals surface area contributed by atoms with E-state index < -0.39 is 6.10 Å². The molecule has 0 bridgehead atoms. The monoisotopic (exact) mass is 520 g/mol. The Bertz CT molecular complexity index is 622. The molecule has 7 nitrogen and oxygen atoms in total. The van der Waals surface area contributed by atoms with Gasteiger partial charge in [0.05, 0.1) is 26.9 Å². The van der Waals surface area contributed by atoms with Crippen molar-refractivity contribution in [1.82, 2.24) is 15.1 Å². The molecule has 1 fully saturated rings. The Morgan fingerprint density at radius 1 is 1.28 bits per heavy atom. The van der Waals surface area contributed by atoms with Crippen molar-refractivity contribution < 1.29 is 14.6 Å². The van der Waals surface area contributed by atoms with Crippen molar-refractivity contribution in [3.8, 4) is 11.5 Å². The van der Waals surface area contributed by atoms with Crippen molar-refractivity contribution >= 4 is 29.9 Å². The smallest absolute Gasteiger partial charge is 0.193 e. The van der Waals surface area contributed by atoms with Gasteiger partial charge in [0, 0.05) is 32.2 Å². The maximum atomic E-state index is 10.7. The highest BCUT2D eigenvalue weighted by molar-refractivity contribution is 14.0. The van der Waals surface area contributed by atoms with E-state index in [0.717, 1.165) is 31.2 Å². The average Bonchev–Trinajstić information content (AvgIpc) is 3.17. The molecule has 29 heavy (non-hydrogen) atoms. The summed E-state index contributed by atoms with van der Waals surface area (Å²) in [4.78, 5) is 9.37. The van der Waals surface area contributed by atoms with Crippen LogP contribution in [0.15, 0.2) is 23.2 Å². The van der Waals surface area contributed by atoms with Crippen molar-refractivity contribution in [1.29, 1.82) is 0 Å². The highest BCUT2D eigenvalue weighted by Crippen LogP contribution is 2.26. The molecule has 0 spiro atoms. The maximum absolute atomic E-state index is 10.7. The number of nitrogens with zero attached hydrogens (tertiary/aromatic N) is 3. The van der Waals surface area contributed by atoms with Crippen LogP contribution in [0.25, 0.3) is 0 Å². The van der Waals surface area contributed by atoms with E-state index >= 15 is 0 Å². The first-order valence-electron chi connectivity index (χ1n) is 10.2. The number of ether oxygens (including phenoxy) is 2. The third-order valence-electron chi connectivity index (χ3n) is 5.26. The third kappa shape index (κ3) is 7.49. The lowest BCUT2D eigenvalue weighted by molar-refractivity contribution is 0.185. The highest BCUT2D eigenvalue weighted by Gasteiger charge is 2.25. The molecule has 0 saturated carbocycles. The van der Waals surface area contributed by atoms with Gasteiger partial charge in [0.15, 0.2) is 5.96 Å². The molecule has 0 aromatic heterocycles. The highest BCUT2D eigenvalue weighted by atomic mass is 127. The summed E-state index contributed by atoms with van der Waals surface area (Å²) in [5, 5.41) is 14.0. The molecule has 1 aromatic rings. The van der Waals surface area contributed by atoms with Gasteiger partial charge in [0.2, 0.25) is 0 Å². The molecule has 166 valence electrons. The number of aliphatic hydroxyl groups is 1. The number of hydrogen-bond donors (Lipinski definition) is 2. The van der Waals surface area contributed by atoms with Gasteiger partial charge in [-0.15, -0.1) is 24.0 Å². The van der Waals surface area contributed by atoms with E-state index in [0.29, 0.717) is 17.5 Å². The summed E-state index contributed by atoms with van der Waals surface area (Å²) in [7, 11) is 5.27. The van der Waals surface area contributed by atoms with Crippen LogP contribution in [-0.2, 0) is 0 Å². The van der Waals surface area contributed by atoms with E-state index in [2.05, 4.69) is 41.0 Å². The van der Waals surface area contributed by atoms with Crippen LogP contribution in [0.1, 0.15) is 38.4 Å². The van der Waals surface area contributed by atoms with Gasteiger partial charge in [0.1, 0.15) is 11.5 Å². The fourth-order valence-corrected chi connectivity index (χ4v) is 3.69. The molecule has 1 saturated heterocycles. The number of nitrogens with one attached hydrogen (secondary N) is 1. The van der Waals surface area contributed by atoms with Gasteiger partial charge in [-0.05, 0) is 50.6 Å². The standard InChI is InChI=1S/C21H36N4O3.HI/c1-6-22-21(24(3)15-17-9-8-10-25(17)7-2)23-14-20(26)16-11-18(27-4)13-19(12-16)28-5;/h11-13,17,20,26H,6-10,14-15H2,1-5H3,(H,22,23);1H. The van der Waals surface area contributed by atoms with Crippen LogP contribution in [0.3, 0.4) is 0 Å². The minimum Gasteiger partial charge on any atom is -0.497 e. The Labute approximate surface area is 192 Å². The van der Waals surface area contributed by atoms with Crippen molar-refractivity contribution in [2.24, 2.45) is 4.99 Å². The number of likely N-dealkylation sites (tertiary alicyclic amines) is 1. The molecule has 2 unspecified atom stereocenters. The molecule has 1 heterocycles. The minimum atomic E-state index is -0.732. The van der Waals surface area contributed by atoms with Crippen LogP contribution in [0.4, 0.5) is 0 Å². The second-order valence-electron chi connectivity index (χ2n) is 7.16. The quantitative estimate of drug-likeness (QED) is 0.297. The van der Waals surface area contributed by atoms with E-state index in [-0.39, 0.29) is 30.5 Å². The van der Waals surface area contributed by atoms with Gasteiger partial charge in [-0.25, -0.2) is 0 Å². The van der Waals surface area contributed by atoms with E-state index in [4.69, 9.17) is 9.47 Å². The molecule has 1 aliphatic heterocycles. The van der Waals surface area contributed by atoms with Gasteiger partial charge >= 0.3 is 0 Å². The number of aliphatic hydroxyl groups excluding tert-OH is 1.